The summed E-state index contributed by atoms with van der Waals surface area (Å²) in [5.41, 5.74) is 10.8. The lowest BCUT2D eigenvalue weighted by Crippen LogP contribution is -2.26. The predicted molar refractivity (Wildman–Crippen MR) is 81.8 cm³/mol. The third-order valence-corrected chi connectivity index (χ3v) is 3.70. The summed E-state index contributed by atoms with van der Waals surface area (Å²) in [5.74, 6) is 0. The van der Waals surface area contributed by atoms with Crippen LogP contribution in [0, 0.1) is 20.8 Å². The lowest BCUT2D eigenvalue weighted by molar-refractivity contribution is 0.139. The van der Waals surface area contributed by atoms with Crippen LogP contribution in [0.2, 0.25) is 0 Å². The molecule has 0 spiro atoms. The Hall–Kier alpha value is -1.71. The summed E-state index contributed by atoms with van der Waals surface area (Å²) in [5, 5.41) is 0. The molecule has 1 aromatic carbocycles. The molecule has 0 radical (unpaired) electrons. The number of ether oxygens (including phenoxy) is 1. The number of anilines is 2. The average molecular weight is 266 g/mol. The number of benzene rings is 1. The highest BCUT2D eigenvalue weighted by atomic mass is 16.6. The Kier molecular flexibility index (Phi) is 4.45. The highest BCUT2D eigenvalue weighted by Gasteiger charge is 2.33. The highest BCUT2D eigenvalue weighted by Crippen LogP contribution is 2.33. The van der Waals surface area contributed by atoms with E-state index in [4.69, 9.17) is 10.5 Å². The quantitative estimate of drug-likeness (QED) is 0.828. The number of cyclic esters (lactones) is 1. The molecule has 4 nitrogen and oxygen atoms in total. The summed E-state index contributed by atoms with van der Waals surface area (Å²) < 4.78 is 5.31. The van der Waals surface area contributed by atoms with Crippen LogP contribution in [0.15, 0.2) is 6.07 Å². The van der Waals surface area contributed by atoms with Gasteiger partial charge in [-0.15, -0.1) is 0 Å². The van der Waals surface area contributed by atoms with Crippen molar-refractivity contribution < 1.29 is 11.0 Å². The van der Waals surface area contributed by atoms with Gasteiger partial charge in [-0.1, -0.05) is 14.4 Å². The molecule has 2 N–H and O–H groups in total. The molecule has 0 bridgehead atoms. The minimum atomic E-state index is -0.253. The van der Waals surface area contributed by atoms with Crippen LogP contribution in [0.1, 0.15) is 38.9 Å². The van der Waals surface area contributed by atoms with E-state index in [0.717, 1.165) is 34.5 Å². The number of amides is 1. The SMILES string of the molecule is C.CCC1CN(c2c(C)cc(N)c(C)c2C)C(=O)O1.[HH]. The number of hydrogen-bond acceptors (Lipinski definition) is 3. The summed E-state index contributed by atoms with van der Waals surface area (Å²) in [6.45, 7) is 8.60. The van der Waals surface area contributed by atoms with Crippen LogP contribution < -0.4 is 10.6 Å². The van der Waals surface area contributed by atoms with Crippen molar-refractivity contribution in [2.24, 2.45) is 0 Å². The molecule has 1 amide bonds. The van der Waals surface area contributed by atoms with Crippen molar-refractivity contribution in [3.05, 3.63) is 22.8 Å². The molecule has 1 atom stereocenters. The second-order valence-electron chi connectivity index (χ2n) is 4.91. The van der Waals surface area contributed by atoms with Gasteiger partial charge in [0, 0.05) is 7.11 Å². The first-order valence-electron chi connectivity index (χ1n) is 6.30. The van der Waals surface area contributed by atoms with Gasteiger partial charge in [-0.2, -0.15) is 0 Å². The molecule has 1 unspecified atom stereocenters. The van der Waals surface area contributed by atoms with Crippen LogP contribution in [-0.4, -0.2) is 18.7 Å². The number of carbonyl (C=O) groups excluding carboxylic acids is 1. The minimum absolute atomic E-state index is 0. The average Bonchev–Trinajstić information content (AvgIpc) is 2.68. The molecule has 1 fully saturated rings. The lowest BCUT2D eigenvalue weighted by Gasteiger charge is -2.21. The Morgan fingerprint density at radius 3 is 2.58 bits per heavy atom. The van der Waals surface area contributed by atoms with Gasteiger partial charge in [0.25, 0.3) is 0 Å². The number of nitrogens with two attached hydrogens (primary N) is 1. The maximum absolute atomic E-state index is 11.9. The zero-order valence-electron chi connectivity index (χ0n) is 11.4. The van der Waals surface area contributed by atoms with E-state index in [-0.39, 0.29) is 21.1 Å². The maximum Gasteiger partial charge on any atom is 0.414 e. The van der Waals surface area contributed by atoms with E-state index in [1.807, 2.05) is 33.8 Å². The molecule has 0 saturated carbocycles. The van der Waals surface area contributed by atoms with Crippen molar-refractivity contribution in [2.75, 3.05) is 17.2 Å². The molecule has 19 heavy (non-hydrogen) atoms. The van der Waals surface area contributed by atoms with Gasteiger partial charge < -0.3 is 10.5 Å². The fourth-order valence-electron chi connectivity index (χ4n) is 2.43. The van der Waals surface area contributed by atoms with Crippen LogP contribution in [0.3, 0.4) is 0 Å². The van der Waals surface area contributed by atoms with Gasteiger partial charge in [-0.3, -0.25) is 4.90 Å². The van der Waals surface area contributed by atoms with Crippen molar-refractivity contribution in [3.63, 3.8) is 0 Å². The van der Waals surface area contributed by atoms with Crippen LogP contribution >= 0.6 is 0 Å². The second kappa shape index (κ2) is 5.51. The molecule has 1 heterocycles. The van der Waals surface area contributed by atoms with E-state index >= 15 is 0 Å². The van der Waals surface area contributed by atoms with Crippen LogP contribution in [0.5, 0.6) is 0 Å². The minimum Gasteiger partial charge on any atom is -0.444 e. The molecule has 1 saturated heterocycles. The first kappa shape index (κ1) is 15.3. The summed E-state index contributed by atoms with van der Waals surface area (Å²) in [7, 11) is 0. The van der Waals surface area contributed by atoms with E-state index in [9.17, 15) is 4.79 Å². The smallest absolute Gasteiger partial charge is 0.414 e. The van der Waals surface area contributed by atoms with Crippen molar-refractivity contribution in [1.29, 1.82) is 0 Å². The van der Waals surface area contributed by atoms with Crippen LogP contribution in [0.25, 0.3) is 0 Å². The summed E-state index contributed by atoms with van der Waals surface area (Å²) in [6.07, 6.45) is 0.584. The van der Waals surface area contributed by atoms with Gasteiger partial charge in [0.15, 0.2) is 0 Å². The molecule has 2 rings (SSSR count). The van der Waals surface area contributed by atoms with Gasteiger partial charge in [0.1, 0.15) is 6.10 Å². The van der Waals surface area contributed by atoms with Crippen molar-refractivity contribution >= 4 is 17.5 Å². The van der Waals surface area contributed by atoms with Crippen molar-refractivity contribution in [3.8, 4) is 0 Å². The monoisotopic (exact) mass is 266 g/mol. The Bertz CT molecular complexity index is 503. The van der Waals surface area contributed by atoms with Gasteiger partial charge in [-0.25, -0.2) is 4.79 Å². The Balaban J connectivity index is 0.00000180. The van der Waals surface area contributed by atoms with Gasteiger partial charge in [-0.05, 0) is 49.9 Å². The molecule has 0 aliphatic carbocycles. The van der Waals surface area contributed by atoms with Crippen LogP contribution in [-0.2, 0) is 4.74 Å². The van der Waals surface area contributed by atoms with Crippen LogP contribution in [0.4, 0.5) is 16.2 Å². The fourth-order valence-corrected chi connectivity index (χ4v) is 2.43. The Morgan fingerprint density at radius 2 is 2.05 bits per heavy atom. The standard InChI is InChI=1S/C14H20N2O2.CH4.H2/c1-5-11-7-16(14(17)18-11)13-8(2)6-12(15)9(3)10(13)4;;/h6,11H,5,7,15H2,1-4H3;1H4;1H. The van der Waals surface area contributed by atoms with Crippen molar-refractivity contribution in [1.82, 2.24) is 0 Å². The number of aryl methyl sites for hydroxylation is 1. The lowest BCUT2D eigenvalue weighted by atomic mass is 10.0. The first-order chi connectivity index (χ1) is 8.45. The zero-order chi connectivity index (χ0) is 13.4. The van der Waals surface area contributed by atoms with Crippen molar-refractivity contribution in [2.45, 2.75) is 47.6 Å². The van der Waals surface area contributed by atoms with Gasteiger partial charge in [0.05, 0.1) is 12.2 Å². The predicted octanol–water partition coefficient (Wildman–Crippen LogP) is 3.81. The van der Waals surface area contributed by atoms with E-state index in [1.165, 1.54) is 0 Å². The Morgan fingerprint density at radius 1 is 1.42 bits per heavy atom. The first-order valence-corrected chi connectivity index (χ1v) is 6.30. The third-order valence-electron chi connectivity index (χ3n) is 3.70. The number of nitrogens with zero attached hydrogens (tertiary/aromatic N) is 1. The summed E-state index contributed by atoms with van der Waals surface area (Å²) in [6, 6.07) is 1.92. The largest absolute Gasteiger partial charge is 0.444 e. The third kappa shape index (κ3) is 2.53. The number of nitrogen functional groups attached to an aromatic ring is 1. The number of carbonyl (C=O) groups is 1. The second-order valence-corrected chi connectivity index (χ2v) is 4.91. The molecule has 1 aliphatic rings. The molecule has 4 heteroatoms. The maximum atomic E-state index is 11.9. The van der Waals surface area contributed by atoms with E-state index in [1.54, 1.807) is 4.90 Å². The van der Waals surface area contributed by atoms with Gasteiger partial charge >= 0.3 is 6.09 Å². The normalized spacial score (nSPS) is 18.2. The van der Waals surface area contributed by atoms with E-state index in [0.29, 0.717) is 6.54 Å². The summed E-state index contributed by atoms with van der Waals surface area (Å²) >= 11 is 0. The fraction of sp³-hybridized carbons (Fsp3) is 0.533. The molecule has 1 aromatic rings. The van der Waals surface area contributed by atoms with E-state index < -0.39 is 0 Å². The number of rotatable bonds is 2. The molecular formula is C15H26N2O2. The molecular weight excluding hydrogens is 240 g/mol. The van der Waals surface area contributed by atoms with Gasteiger partial charge in [0.2, 0.25) is 0 Å². The Labute approximate surface area is 117 Å². The molecule has 108 valence electrons. The summed E-state index contributed by atoms with van der Waals surface area (Å²) in [4.78, 5) is 13.6. The zero-order valence-corrected chi connectivity index (χ0v) is 11.4. The molecule has 1 aliphatic heterocycles. The highest BCUT2D eigenvalue weighted by molar-refractivity contribution is 5.92. The molecule has 0 aromatic heterocycles. The topological polar surface area (TPSA) is 55.6 Å². The van der Waals surface area contributed by atoms with E-state index in [2.05, 4.69) is 0 Å². The number of hydrogen-bond donors (Lipinski definition) is 1.